The molecule has 2 rings (SSSR count). The van der Waals surface area contributed by atoms with E-state index in [1.165, 1.54) is 27.9 Å². The normalized spacial score (nSPS) is 12.2. The Morgan fingerprint density at radius 1 is 1.00 bits per heavy atom. The van der Waals surface area contributed by atoms with E-state index < -0.39 is 0 Å². The zero-order valence-corrected chi connectivity index (χ0v) is 13.8. The monoisotopic (exact) mass is 282 g/mol. The predicted octanol–water partition coefficient (Wildman–Crippen LogP) is 4.01. The molecule has 0 saturated carbocycles. The van der Waals surface area contributed by atoms with Gasteiger partial charge in [0.05, 0.1) is 6.04 Å². The highest BCUT2D eigenvalue weighted by Gasteiger charge is 2.17. The first-order valence-corrected chi connectivity index (χ1v) is 7.54. The second-order valence-corrected chi connectivity index (χ2v) is 5.87. The van der Waals surface area contributed by atoms with Gasteiger partial charge in [-0.25, -0.2) is 0 Å². The number of benzene rings is 2. The number of aryl methyl sites for hydroxylation is 3. The summed E-state index contributed by atoms with van der Waals surface area (Å²) in [5.74, 6) is 0. The van der Waals surface area contributed by atoms with Crippen LogP contribution in [0.2, 0.25) is 0 Å². The van der Waals surface area contributed by atoms with Crippen LogP contribution in [0.5, 0.6) is 0 Å². The summed E-state index contributed by atoms with van der Waals surface area (Å²) in [6.07, 6.45) is 0. The lowest BCUT2D eigenvalue weighted by molar-refractivity contribution is 0.583. The first-order chi connectivity index (χ1) is 10.0. The predicted molar refractivity (Wildman–Crippen MR) is 92.2 cm³/mol. The average Bonchev–Trinajstić information content (AvgIpc) is 2.45. The van der Waals surface area contributed by atoms with E-state index >= 15 is 0 Å². The van der Waals surface area contributed by atoms with Gasteiger partial charge in [0.15, 0.2) is 0 Å². The van der Waals surface area contributed by atoms with Gasteiger partial charge in [0.25, 0.3) is 0 Å². The van der Waals surface area contributed by atoms with Crippen molar-refractivity contribution in [3.05, 3.63) is 64.7 Å². The van der Waals surface area contributed by atoms with E-state index in [1.54, 1.807) is 0 Å². The van der Waals surface area contributed by atoms with Crippen LogP contribution in [0, 0.1) is 20.8 Å². The highest BCUT2D eigenvalue weighted by Crippen LogP contribution is 2.25. The van der Waals surface area contributed by atoms with Crippen molar-refractivity contribution in [3.63, 3.8) is 0 Å². The molecule has 1 atom stereocenters. The summed E-state index contributed by atoms with van der Waals surface area (Å²) in [4.78, 5) is 2.31. The van der Waals surface area contributed by atoms with Gasteiger partial charge in [-0.1, -0.05) is 35.9 Å². The molecular formula is C19H26N2. The molecule has 0 aliphatic heterocycles. The quantitative estimate of drug-likeness (QED) is 0.891. The highest BCUT2D eigenvalue weighted by atomic mass is 15.1. The van der Waals surface area contributed by atoms with E-state index in [2.05, 4.69) is 80.5 Å². The van der Waals surface area contributed by atoms with Crippen LogP contribution in [0.25, 0.3) is 0 Å². The number of hydrogen-bond acceptors (Lipinski definition) is 2. The van der Waals surface area contributed by atoms with Gasteiger partial charge in [-0.05, 0) is 56.6 Å². The number of hydrogen-bond donors (Lipinski definition) is 1. The lowest BCUT2D eigenvalue weighted by Crippen LogP contribution is -2.32. The van der Waals surface area contributed by atoms with Crippen LogP contribution in [0.1, 0.15) is 28.3 Å². The SMILES string of the molecule is CNC(CN(C)c1ccccc1)c1c(C)cc(C)cc1C. The van der Waals surface area contributed by atoms with Crippen molar-refractivity contribution in [3.8, 4) is 0 Å². The van der Waals surface area contributed by atoms with Crippen molar-refractivity contribution in [2.45, 2.75) is 26.8 Å². The molecule has 0 bridgehead atoms. The fourth-order valence-corrected chi connectivity index (χ4v) is 3.13. The second kappa shape index (κ2) is 6.77. The van der Waals surface area contributed by atoms with Gasteiger partial charge in [0, 0.05) is 19.3 Å². The number of nitrogens with one attached hydrogen (secondary N) is 1. The summed E-state index contributed by atoms with van der Waals surface area (Å²) in [6, 6.07) is 15.4. The second-order valence-electron chi connectivity index (χ2n) is 5.87. The Bertz CT molecular complexity index is 567. The average molecular weight is 282 g/mol. The largest absolute Gasteiger partial charge is 0.373 e. The van der Waals surface area contributed by atoms with Crippen molar-refractivity contribution < 1.29 is 0 Å². The molecule has 0 aliphatic rings. The summed E-state index contributed by atoms with van der Waals surface area (Å²) in [5, 5.41) is 3.48. The molecule has 2 aromatic carbocycles. The van der Waals surface area contributed by atoms with Crippen molar-refractivity contribution in [2.24, 2.45) is 0 Å². The van der Waals surface area contributed by atoms with Gasteiger partial charge in [-0.3, -0.25) is 0 Å². The van der Waals surface area contributed by atoms with E-state index in [1.807, 2.05) is 7.05 Å². The summed E-state index contributed by atoms with van der Waals surface area (Å²) in [6.45, 7) is 7.53. The highest BCUT2D eigenvalue weighted by molar-refractivity contribution is 5.47. The van der Waals surface area contributed by atoms with Crippen molar-refractivity contribution >= 4 is 5.69 Å². The molecule has 1 unspecified atom stereocenters. The maximum atomic E-state index is 3.48. The van der Waals surface area contributed by atoms with Crippen LogP contribution in [0.4, 0.5) is 5.69 Å². The molecule has 2 heteroatoms. The van der Waals surface area contributed by atoms with Crippen molar-refractivity contribution in [1.29, 1.82) is 0 Å². The number of likely N-dealkylation sites (N-methyl/N-ethyl adjacent to an activating group) is 2. The Balaban J connectivity index is 2.25. The first-order valence-electron chi connectivity index (χ1n) is 7.54. The lowest BCUT2D eigenvalue weighted by Gasteiger charge is -2.28. The van der Waals surface area contributed by atoms with E-state index in [9.17, 15) is 0 Å². The molecule has 0 fully saturated rings. The molecule has 0 amide bonds. The smallest absolute Gasteiger partial charge is 0.0500 e. The molecule has 0 saturated heterocycles. The molecule has 2 aromatic rings. The van der Waals surface area contributed by atoms with Gasteiger partial charge >= 0.3 is 0 Å². The summed E-state index contributed by atoms with van der Waals surface area (Å²) in [5.41, 5.74) is 6.74. The molecule has 0 spiro atoms. The van der Waals surface area contributed by atoms with Crippen LogP contribution >= 0.6 is 0 Å². The molecule has 112 valence electrons. The minimum atomic E-state index is 0.329. The Morgan fingerprint density at radius 3 is 2.10 bits per heavy atom. The summed E-state index contributed by atoms with van der Waals surface area (Å²) >= 11 is 0. The third-order valence-corrected chi connectivity index (χ3v) is 4.09. The standard InChI is InChI=1S/C19H26N2/c1-14-11-15(2)19(16(3)12-14)18(20-4)13-21(5)17-9-7-6-8-10-17/h6-12,18,20H,13H2,1-5H3. The van der Waals surface area contributed by atoms with Gasteiger partial charge in [-0.15, -0.1) is 0 Å². The van der Waals surface area contributed by atoms with Crippen LogP contribution in [-0.4, -0.2) is 20.6 Å². The third kappa shape index (κ3) is 3.64. The fourth-order valence-electron chi connectivity index (χ4n) is 3.13. The van der Waals surface area contributed by atoms with E-state index in [0.29, 0.717) is 6.04 Å². The van der Waals surface area contributed by atoms with Crippen LogP contribution in [-0.2, 0) is 0 Å². The molecule has 21 heavy (non-hydrogen) atoms. The topological polar surface area (TPSA) is 15.3 Å². The zero-order valence-electron chi connectivity index (χ0n) is 13.8. The van der Waals surface area contributed by atoms with Crippen molar-refractivity contribution in [1.82, 2.24) is 5.32 Å². The van der Waals surface area contributed by atoms with Gasteiger partial charge in [-0.2, -0.15) is 0 Å². The Hall–Kier alpha value is -1.80. The summed E-state index contributed by atoms with van der Waals surface area (Å²) < 4.78 is 0. The fraction of sp³-hybridized carbons (Fsp3) is 0.368. The van der Waals surface area contributed by atoms with Gasteiger partial charge < -0.3 is 10.2 Å². The molecule has 0 heterocycles. The van der Waals surface area contributed by atoms with Crippen LogP contribution < -0.4 is 10.2 Å². The van der Waals surface area contributed by atoms with Crippen LogP contribution in [0.15, 0.2) is 42.5 Å². The lowest BCUT2D eigenvalue weighted by atomic mass is 9.93. The summed E-state index contributed by atoms with van der Waals surface area (Å²) in [7, 11) is 4.20. The molecule has 0 aromatic heterocycles. The maximum Gasteiger partial charge on any atom is 0.0500 e. The van der Waals surface area contributed by atoms with Gasteiger partial charge in [0.2, 0.25) is 0 Å². The number of rotatable bonds is 5. The molecular weight excluding hydrogens is 256 g/mol. The first kappa shape index (κ1) is 15.6. The van der Waals surface area contributed by atoms with E-state index in [0.717, 1.165) is 6.54 Å². The Labute approximate surface area is 128 Å². The van der Waals surface area contributed by atoms with E-state index in [-0.39, 0.29) is 0 Å². The van der Waals surface area contributed by atoms with Crippen molar-refractivity contribution in [2.75, 3.05) is 25.5 Å². The Morgan fingerprint density at radius 2 is 1.57 bits per heavy atom. The van der Waals surface area contributed by atoms with Gasteiger partial charge in [0.1, 0.15) is 0 Å². The van der Waals surface area contributed by atoms with E-state index in [4.69, 9.17) is 0 Å². The molecule has 1 N–H and O–H groups in total. The van der Waals surface area contributed by atoms with Crippen LogP contribution in [0.3, 0.4) is 0 Å². The molecule has 0 radical (unpaired) electrons. The molecule has 2 nitrogen and oxygen atoms in total. The minimum Gasteiger partial charge on any atom is -0.373 e. The third-order valence-electron chi connectivity index (χ3n) is 4.09. The minimum absolute atomic E-state index is 0.329. The number of anilines is 1. The Kier molecular flexibility index (Phi) is 5.03. The maximum absolute atomic E-state index is 3.48. The molecule has 0 aliphatic carbocycles. The number of para-hydroxylation sites is 1. The zero-order chi connectivity index (χ0) is 15.4. The number of nitrogens with zero attached hydrogens (tertiary/aromatic N) is 1.